The van der Waals surface area contributed by atoms with Crippen molar-refractivity contribution in [3.8, 4) is 0 Å². The highest BCUT2D eigenvalue weighted by Gasteiger charge is 2.08. The van der Waals surface area contributed by atoms with Gasteiger partial charge in [0, 0.05) is 6.54 Å². The van der Waals surface area contributed by atoms with Crippen LogP contribution in [0.2, 0.25) is 0 Å². The first-order chi connectivity index (χ1) is 9.06. The van der Waals surface area contributed by atoms with Crippen molar-refractivity contribution in [3.05, 3.63) is 53.2 Å². The lowest BCUT2D eigenvalue weighted by Gasteiger charge is -2.05. The van der Waals surface area contributed by atoms with Crippen molar-refractivity contribution in [2.75, 3.05) is 5.73 Å². The summed E-state index contributed by atoms with van der Waals surface area (Å²) in [5.74, 6) is -2.16. The van der Waals surface area contributed by atoms with Crippen LogP contribution < -0.4 is 11.1 Å². The number of halogens is 2. The molecule has 7 heteroatoms. The zero-order chi connectivity index (χ0) is 13.8. The summed E-state index contributed by atoms with van der Waals surface area (Å²) in [6, 6.07) is 6.26. The van der Waals surface area contributed by atoms with Gasteiger partial charge in [0.1, 0.15) is 5.82 Å². The molecule has 0 spiro atoms. The Labute approximate surface area is 107 Å². The number of anilines is 1. The van der Waals surface area contributed by atoms with E-state index in [1.807, 2.05) is 0 Å². The summed E-state index contributed by atoms with van der Waals surface area (Å²) in [4.78, 5) is 11.7. The second-order valence-electron chi connectivity index (χ2n) is 3.77. The van der Waals surface area contributed by atoms with E-state index in [9.17, 15) is 13.6 Å². The van der Waals surface area contributed by atoms with Crippen molar-refractivity contribution < 1.29 is 13.6 Å². The molecule has 19 heavy (non-hydrogen) atoms. The molecule has 0 aliphatic carbocycles. The van der Waals surface area contributed by atoms with Gasteiger partial charge in [-0.05, 0) is 29.8 Å². The van der Waals surface area contributed by atoms with Crippen LogP contribution in [0.25, 0.3) is 0 Å². The molecule has 2 aromatic rings. The second-order valence-corrected chi connectivity index (χ2v) is 3.77. The number of carbonyl (C=O) groups is 1. The van der Waals surface area contributed by atoms with Crippen LogP contribution in [0, 0.1) is 11.6 Å². The van der Waals surface area contributed by atoms with Gasteiger partial charge in [-0.1, -0.05) is 6.07 Å². The van der Waals surface area contributed by atoms with Gasteiger partial charge in [-0.25, -0.2) is 8.78 Å². The van der Waals surface area contributed by atoms with E-state index in [4.69, 9.17) is 5.73 Å². The van der Waals surface area contributed by atoms with Crippen molar-refractivity contribution in [1.29, 1.82) is 0 Å². The minimum Gasteiger partial charge on any atom is -0.382 e. The minimum atomic E-state index is -0.959. The summed E-state index contributed by atoms with van der Waals surface area (Å²) in [7, 11) is 0. The Kier molecular flexibility index (Phi) is 3.65. The Hall–Kier alpha value is -2.57. The molecule has 5 nitrogen and oxygen atoms in total. The number of carbonyl (C=O) groups excluding carboxylic acids is 1. The maximum atomic E-state index is 12.9. The van der Waals surface area contributed by atoms with Crippen LogP contribution in [-0.4, -0.2) is 16.1 Å². The molecule has 0 aliphatic heterocycles. The number of nitrogen functional groups attached to an aromatic ring is 1. The summed E-state index contributed by atoms with van der Waals surface area (Å²) in [6.45, 7) is 0.0576. The molecule has 1 amide bonds. The predicted molar refractivity (Wildman–Crippen MR) is 64.0 cm³/mol. The highest BCUT2D eigenvalue weighted by Crippen LogP contribution is 2.08. The number of aromatic nitrogens is 2. The normalized spacial score (nSPS) is 10.2. The lowest BCUT2D eigenvalue weighted by Crippen LogP contribution is -2.24. The van der Waals surface area contributed by atoms with Crippen LogP contribution in [0.1, 0.15) is 16.1 Å². The molecule has 0 radical (unpaired) electrons. The molecule has 0 fully saturated rings. The number of amides is 1. The highest BCUT2D eigenvalue weighted by molar-refractivity contribution is 5.92. The fourth-order valence-electron chi connectivity index (χ4n) is 1.39. The first kappa shape index (κ1) is 12.9. The molecule has 0 bridgehead atoms. The molecule has 2 rings (SSSR count). The third kappa shape index (κ3) is 3.21. The summed E-state index contributed by atoms with van der Waals surface area (Å²) in [5.41, 5.74) is 5.87. The van der Waals surface area contributed by atoms with Crippen LogP contribution >= 0.6 is 0 Å². The van der Waals surface area contributed by atoms with E-state index in [2.05, 4.69) is 15.5 Å². The van der Waals surface area contributed by atoms with Gasteiger partial charge in [0.15, 0.2) is 17.3 Å². The number of benzene rings is 1. The monoisotopic (exact) mass is 264 g/mol. The Bertz CT molecular complexity index is 601. The Balaban J connectivity index is 2.00. The summed E-state index contributed by atoms with van der Waals surface area (Å²) in [5, 5.41) is 9.65. The van der Waals surface area contributed by atoms with Crippen molar-refractivity contribution in [3.63, 3.8) is 0 Å². The standard InChI is InChI=1S/C12H10F2N4O/c13-8-2-1-7(5-9(8)14)6-16-12(19)10-3-4-11(15)18-17-10/h1-5H,6H2,(H2,15,18)(H,16,19). The van der Waals surface area contributed by atoms with Crippen molar-refractivity contribution in [2.45, 2.75) is 6.54 Å². The summed E-state index contributed by atoms with van der Waals surface area (Å²) >= 11 is 0. The average Bonchev–Trinajstić information content (AvgIpc) is 2.40. The highest BCUT2D eigenvalue weighted by atomic mass is 19.2. The number of nitrogens with one attached hydrogen (secondary N) is 1. The zero-order valence-electron chi connectivity index (χ0n) is 9.73. The van der Waals surface area contributed by atoms with E-state index in [1.54, 1.807) is 0 Å². The third-order valence-corrected chi connectivity index (χ3v) is 2.35. The SMILES string of the molecule is Nc1ccc(C(=O)NCc2ccc(F)c(F)c2)nn1. The molecule has 1 heterocycles. The van der Waals surface area contributed by atoms with Gasteiger partial charge >= 0.3 is 0 Å². The largest absolute Gasteiger partial charge is 0.382 e. The molecule has 1 aromatic heterocycles. The van der Waals surface area contributed by atoms with Gasteiger partial charge in [0.25, 0.3) is 5.91 Å². The van der Waals surface area contributed by atoms with Crippen LogP contribution in [-0.2, 0) is 6.54 Å². The zero-order valence-corrected chi connectivity index (χ0v) is 9.73. The molecule has 0 saturated heterocycles. The Morgan fingerprint density at radius 2 is 1.95 bits per heavy atom. The molecule has 0 saturated carbocycles. The number of nitrogens with zero attached hydrogens (tertiary/aromatic N) is 2. The third-order valence-electron chi connectivity index (χ3n) is 2.35. The van der Waals surface area contributed by atoms with Gasteiger partial charge in [-0.15, -0.1) is 10.2 Å². The van der Waals surface area contributed by atoms with E-state index in [0.717, 1.165) is 12.1 Å². The smallest absolute Gasteiger partial charge is 0.272 e. The molecule has 0 atom stereocenters. The average molecular weight is 264 g/mol. The first-order valence-corrected chi connectivity index (χ1v) is 5.37. The number of nitrogens with two attached hydrogens (primary N) is 1. The van der Waals surface area contributed by atoms with Crippen LogP contribution in [0.15, 0.2) is 30.3 Å². The van der Waals surface area contributed by atoms with E-state index in [1.165, 1.54) is 18.2 Å². The molecular weight excluding hydrogens is 254 g/mol. The first-order valence-electron chi connectivity index (χ1n) is 5.37. The maximum absolute atomic E-state index is 12.9. The number of rotatable bonds is 3. The van der Waals surface area contributed by atoms with E-state index in [-0.39, 0.29) is 18.1 Å². The van der Waals surface area contributed by atoms with Gasteiger partial charge in [-0.3, -0.25) is 4.79 Å². The van der Waals surface area contributed by atoms with Crippen molar-refractivity contribution >= 4 is 11.7 Å². The number of hydrogen-bond donors (Lipinski definition) is 2. The topological polar surface area (TPSA) is 80.9 Å². The fourth-order valence-corrected chi connectivity index (χ4v) is 1.39. The predicted octanol–water partition coefficient (Wildman–Crippen LogP) is 1.27. The second kappa shape index (κ2) is 5.38. The fraction of sp³-hybridized carbons (Fsp3) is 0.0833. The number of hydrogen-bond acceptors (Lipinski definition) is 4. The van der Waals surface area contributed by atoms with Gasteiger partial charge in [-0.2, -0.15) is 0 Å². The van der Waals surface area contributed by atoms with E-state index in [0.29, 0.717) is 5.56 Å². The molecule has 1 aromatic carbocycles. The van der Waals surface area contributed by atoms with Crippen LogP contribution in [0.5, 0.6) is 0 Å². The van der Waals surface area contributed by atoms with Crippen LogP contribution in [0.3, 0.4) is 0 Å². The van der Waals surface area contributed by atoms with Gasteiger partial charge in [0.2, 0.25) is 0 Å². The van der Waals surface area contributed by atoms with Gasteiger partial charge in [0.05, 0.1) is 0 Å². The quantitative estimate of drug-likeness (QED) is 0.874. The van der Waals surface area contributed by atoms with E-state index >= 15 is 0 Å². The lowest BCUT2D eigenvalue weighted by atomic mass is 10.2. The van der Waals surface area contributed by atoms with E-state index < -0.39 is 17.5 Å². The van der Waals surface area contributed by atoms with Crippen molar-refractivity contribution in [1.82, 2.24) is 15.5 Å². The molecule has 0 unspecified atom stereocenters. The Morgan fingerprint density at radius 3 is 2.58 bits per heavy atom. The summed E-state index contributed by atoms with van der Waals surface area (Å²) in [6.07, 6.45) is 0. The lowest BCUT2D eigenvalue weighted by molar-refractivity contribution is 0.0945. The molecule has 0 aliphatic rings. The minimum absolute atomic E-state index is 0.0576. The maximum Gasteiger partial charge on any atom is 0.272 e. The molecule has 3 N–H and O–H groups in total. The van der Waals surface area contributed by atoms with Gasteiger partial charge < -0.3 is 11.1 Å². The van der Waals surface area contributed by atoms with Crippen LogP contribution in [0.4, 0.5) is 14.6 Å². The van der Waals surface area contributed by atoms with Crippen molar-refractivity contribution in [2.24, 2.45) is 0 Å². The molecular formula is C12H10F2N4O. The molecule has 98 valence electrons. The Morgan fingerprint density at radius 1 is 1.16 bits per heavy atom. The summed E-state index contributed by atoms with van der Waals surface area (Å²) < 4.78 is 25.7.